The van der Waals surface area contributed by atoms with Gasteiger partial charge in [0, 0.05) is 17.2 Å². The molecule has 2 aromatic carbocycles. The van der Waals surface area contributed by atoms with Crippen LogP contribution in [0.25, 0.3) is 0 Å². The number of halogens is 1. The number of hydrogen-bond donors (Lipinski definition) is 6. The molecule has 1 saturated carbocycles. The summed E-state index contributed by atoms with van der Waals surface area (Å²) in [6.45, 7) is -0.715. The zero-order valence-electron chi connectivity index (χ0n) is 18.7. The molecule has 1 heterocycles. The van der Waals surface area contributed by atoms with Crippen molar-refractivity contribution >= 4 is 52.2 Å². The van der Waals surface area contributed by atoms with Gasteiger partial charge in [-0.25, -0.2) is 4.98 Å². The van der Waals surface area contributed by atoms with E-state index in [4.69, 9.17) is 21.8 Å². The summed E-state index contributed by atoms with van der Waals surface area (Å²) in [7, 11) is 0. The molecule has 0 saturated heterocycles. The molecule has 2 amide bonds. The van der Waals surface area contributed by atoms with Crippen molar-refractivity contribution in [2.75, 3.05) is 29.2 Å². The molecule has 10 nitrogen and oxygen atoms in total. The second kappa shape index (κ2) is 11.1. The Morgan fingerprint density at radius 1 is 1.00 bits per heavy atom. The number of aromatic nitrogens is 2. The molecule has 0 aliphatic heterocycles. The van der Waals surface area contributed by atoms with Gasteiger partial charge in [-0.3, -0.25) is 9.59 Å². The minimum absolute atomic E-state index is 0.00393. The van der Waals surface area contributed by atoms with Gasteiger partial charge in [-0.05, 0) is 49.2 Å². The number of benzene rings is 2. The predicted molar refractivity (Wildman–Crippen MR) is 133 cm³/mol. The lowest BCUT2D eigenvalue weighted by Gasteiger charge is -2.14. The van der Waals surface area contributed by atoms with E-state index < -0.39 is 11.9 Å². The van der Waals surface area contributed by atoms with Crippen LogP contribution in [0.3, 0.4) is 0 Å². The first-order chi connectivity index (χ1) is 17.0. The molecule has 0 bridgehead atoms. The Morgan fingerprint density at radius 2 is 1.69 bits per heavy atom. The van der Waals surface area contributed by atoms with Crippen molar-refractivity contribution in [2.24, 2.45) is 5.92 Å². The van der Waals surface area contributed by atoms with E-state index >= 15 is 0 Å². The van der Waals surface area contributed by atoms with Crippen LogP contribution in [0, 0.1) is 5.92 Å². The minimum Gasteiger partial charge on any atom is -0.394 e. The van der Waals surface area contributed by atoms with Crippen LogP contribution >= 0.6 is 11.6 Å². The van der Waals surface area contributed by atoms with Crippen molar-refractivity contribution in [1.29, 1.82) is 0 Å². The Morgan fingerprint density at radius 3 is 2.34 bits per heavy atom. The first kappa shape index (κ1) is 24.4. The number of hydrogen-bond acceptors (Lipinski definition) is 8. The lowest BCUT2D eigenvalue weighted by atomic mass is 10.2. The number of aliphatic hydroxyl groups is 2. The lowest BCUT2D eigenvalue weighted by Crippen LogP contribution is -2.40. The summed E-state index contributed by atoms with van der Waals surface area (Å²) >= 11 is 6.31. The molecule has 182 valence electrons. The molecule has 35 heavy (non-hydrogen) atoms. The number of para-hydroxylation sites is 2. The number of carbonyl (C=O) groups excluding carboxylic acids is 2. The molecule has 0 spiro atoms. The topological polar surface area (TPSA) is 148 Å². The van der Waals surface area contributed by atoms with Crippen LogP contribution in [0.5, 0.6) is 0 Å². The third kappa shape index (κ3) is 6.44. The molecule has 1 aliphatic carbocycles. The number of rotatable bonds is 10. The summed E-state index contributed by atoms with van der Waals surface area (Å²) in [6.07, 6.45) is 3.27. The Bertz CT molecular complexity index is 1200. The second-order valence-electron chi connectivity index (χ2n) is 8.06. The largest absolute Gasteiger partial charge is 0.394 e. The molecule has 1 aliphatic rings. The van der Waals surface area contributed by atoms with Gasteiger partial charge in [-0.15, -0.1) is 0 Å². The number of carbonyl (C=O) groups is 2. The smallest absolute Gasteiger partial charge is 0.251 e. The average Bonchev–Trinajstić information content (AvgIpc) is 3.72. The second-order valence-corrected chi connectivity index (χ2v) is 8.47. The van der Waals surface area contributed by atoms with E-state index in [1.807, 2.05) is 18.2 Å². The number of amides is 2. The highest BCUT2D eigenvalue weighted by Crippen LogP contribution is 2.33. The SMILES string of the molecule is O=C(NC(CO)CO)c1ccc(Nc2ncc(Cl)c(Nc3ccccc3NC(=O)C3CC3)n2)cc1. The summed E-state index contributed by atoms with van der Waals surface area (Å²) < 4.78 is 0. The van der Waals surface area contributed by atoms with Crippen LogP contribution in [0.15, 0.2) is 54.7 Å². The van der Waals surface area contributed by atoms with Gasteiger partial charge in [0.05, 0.1) is 36.8 Å². The number of anilines is 5. The summed E-state index contributed by atoms with van der Waals surface area (Å²) in [6, 6.07) is 13.1. The van der Waals surface area contributed by atoms with Crippen molar-refractivity contribution in [2.45, 2.75) is 18.9 Å². The van der Waals surface area contributed by atoms with Gasteiger partial charge in [-0.2, -0.15) is 4.98 Å². The van der Waals surface area contributed by atoms with Gasteiger partial charge in [0.15, 0.2) is 5.82 Å². The molecule has 0 radical (unpaired) electrons. The quantitative estimate of drug-likeness (QED) is 0.251. The first-order valence-corrected chi connectivity index (χ1v) is 11.4. The molecule has 1 fully saturated rings. The molecule has 11 heteroatoms. The van der Waals surface area contributed by atoms with Crippen LogP contribution in [-0.2, 0) is 4.79 Å². The molecule has 0 unspecified atom stereocenters. The number of nitrogens with zero attached hydrogens (tertiary/aromatic N) is 2. The van der Waals surface area contributed by atoms with Crippen molar-refractivity contribution < 1.29 is 19.8 Å². The Balaban J connectivity index is 1.45. The van der Waals surface area contributed by atoms with Gasteiger partial charge < -0.3 is 31.5 Å². The zero-order chi connectivity index (χ0) is 24.8. The van der Waals surface area contributed by atoms with E-state index in [0.29, 0.717) is 33.5 Å². The molecule has 4 rings (SSSR count). The summed E-state index contributed by atoms with van der Waals surface area (Å²) in [4.78, 5) is 33.0. The fourth-order valence-electron chi connectivity index (χ4n) is 3.18. The van der Waals surface area contributed by atoms with E-state index in [9.17, 15) is 9.59 Å². The van der Waals surface area contributed by atoms with Gasteiger partial charge in [0.1, 0.15) is 5.02 Å². The monoisotopic (exact) mass is 496 g/mol. The van der Waals surface area contributed by atoms with Gasteiger partial charge >= 0.3 is 0 Å². The summed E-state index contributed by atoms with van der Waals surface area (Å²) in [5.74, 6) is 0.286. The van der Waals surface area contributed by atoms with Crippen LogP contribution in [0.1, 0.15) is 23.2 Å². The third-order valence-corrected chi connectivity index (χ3v) is 5.59. The van der Waals surface area contributed by atoms with Crippen molar-refractivity contribution in [3.63, 3.8) is 0 Å². The summed E-state index contributed by atoms with van der Waals surface area (Å²) in [5, 5.41) is 30.2. The van der Waals surface area contributed by atoms with Gasteiger partial charge in [-0.1, -0.05) is 23.7 Å². The molecule has 1 aromatic heterocycles. The molecule has 6 N–H and O–H groups in total. The highest BCUT2D eigenvalue weighted by molar-refractivity contribution is 6.33. The lowest BCUT2D eigenvalue weighted by molar-refractivity contribution is -0.117. The fraction of sp³-hybridized carbons (Fsp3) is 0.250. The number of aliphatic hydroxyl groups excluding tert-OH is 2. The van der Waals surface area contributed by atoms with Crippen LogP contribution in [0.4, 0.5) is 28.8 Å². The van der Waals surface area contributed by atoms with E-state index in [1.54, 1.807) is 30.3 Å². The molecular weight excluding hydrogens is 472 g/mol. The highest BCUT2D eigenvalue weighted by atomic mass is 35.5. The Hall–Kier alpha value is -3.73. The Kier molecular flexibility index (Phi) is 7.76. The minimum atomic E-state index is -0.721. The van der Waals surface area contributed by atoms with Crippen molar-refractivity contribution in [3.8, 4) is 0 Å². The van der Waals surface area contributed by atoms with Crippen LogP contribution in [0.2, 0.25) is 5.02 Å². The van der Waals surface area contributed by atoms with E-state index in [0.717, 1.165) is 12.8 Å². The van der Waals surface area contributed by atoms with Crippen molar-refractivity contribution in [3.05, 3.63) is 65.3 Å². The summed E-state index contributed by atoms with van der Waals surface area (Å²) in [5.41, 5.74) is 2.28. The first-order valence-electron chi connectivity index (χ1n) is 11.1. The third-order valence-electron chi connectivity index (χ3n) is 5.31. The number of nitrogens with one attached hydrogen (secondary N) is 4. The zero-order valence-corrected chi connectivity index (χ0v) is 19.4. The fourth-order valence-corrected chi connectivity index (χ4v) is 3.31. The van der Waals surface area contributed by atoms with Crippen LogP contribution in [-0.4, -0.2) is 51.3 Å². The van der Waals surface area contributed by atoms with E-state index in [-0.39, 0.29) is 31.0 Å². The van der Waals surface area contributed by atoms with Gasteiger partial charge in [0.2, 0.25) is 11.9 Å². The van der Waals surface area contributed by atoms with Gasteiger partial charge in [0.25, 0.3) is 5.91 Å². The predicted octanol–water partition coefficient (Wildman–Crippen LogP) is 3.05. The average molecular weight is 497 g/mol. The Labute approximate surface area is 206 Å². The molecule has 3 aromatic rings. The van der Waals surface area contributed by atoms with Crippen LogP contribution < -0.4 is 21.3 Å². The van der Waals surface area contributed by atoms with E-state index in [2.05, 4.69) is 31.2 Å². The van der Waals surface area contributed by atoms with E-state index in [1.165, 1.54) is 6.20 Å². The maximum absolute atomic E-state index is 12.2. The molecular formula is C24H25ClN6O4. The maximum atomic E-state index is 12.2. The highest BCUT2D eigenvalue weighted by Gasteiger charge is 2.30. The maximum Gasteiger partial charge on any atom is 0.251 e. The molecule has 0 atom stereocenters. The standard InChI is InChI=1S/C24H25ClN6O4/c25-18-11-26-24(28-16-9-7-15(8-10-16)22(34)27-17(12-32)13-33)31-21(18)29-19-3-1-2-4-20(19)30-23(35)14-5-6-14/h1-4,7-11,14,17,32-33H,5-6,12-13H2,(H,27,34)(H,30,35)(H2,26,28,29,31). The normalized spacial score (nSPS) is 12.8. The van der Waals surface area contributed by atoms with Crippen molar-refractivity contribution in [1.82, 2.24) is 15.3 Å².